The quantitative estimate of drug-likeness (QED) is 0.428. The van der Waals surface area contributed by atoms with Gasteiger partial charge in [0.05, 0.1) is 5.69 Å². The summed E-state index contributed by atoms with van der Waals surface area (Å²) in [6.45, 7) is 5.18. The minimum atomic E-state index is -1.28. The van der Waals surface area contributed by atoms with Gasteiger partial charge in [-0.25, -0.2) is 22.9 Å². The molecule has 12 heteroatoms. The Morgan fingerprint density at radius 3 is 2.63 bits per heavy atom. The molecule has 0 radical (unpaired) electrons. The standard InChI is InChI=1S/C23H22F3N7O2/c1-23(2,3)35-22(34)28-17-10-19-18(8-13(17)12-7-15(25)16(26)9-14(12)24)27-20-6-11(4-5-33(19)20)21-29-31-32-30-21/h4-7,9,13,17H,8,10H2,1-3H3,(H,28,34)(H,29,30,31,32). The number of hydrogen-bond acceptors (Lipinski definition) is 6. The van der Waals surface area contributed by atoms with E-state index in [9.17, 15) is 18.0 Å². The van der Waals surface area contributed by atoms with Crippen molar-refractivity contribution in [2.24, 2.45) is 0 Å². The fourth-order valence-corrected chi connectivity index (χ4v) is 4.41. The van der Waals surface area contributed by atoms with Crippen LogP contribution in [0.15, 0.2) is 30.5 Å². The third-order valence-electron chi connectivity index (χ3n) is 5.86. The number of hydrogen-bond donors (Lipinski definition) is 2. The third-order valence-corrected chi connectivity index (χ3v) is 5.86. The molecule has 182 valence electrons. The Hall–Kier alpha value is -3.96. The zero-order chi connectivity index (χ0) is 24.9. The zero-order valence-corrected chi connectivity index (χ0v) is 19.1. The van der Waals surface area contributed by atoms with Crippen LogP contribution < -0.4 is 5.32 Å². The van der Waals surface area contributed by atoms with Gasteiger partial charge in [0.15, 0.2) is 11.6 Å². The van der Waals surface area contributed by atoms with E-state index >= 15 is 0 Å². The van der Waals surface area contributed by atoms with Gasteiger partial charge in [0.2, 0.25) is 5.82 Å². The Labute approximate surface area is 197 Å². The monoisotopic (exact) mass is 485 g/mol. The number of carbonyl (C=O) groups excluding carboxylic acids is 1. The van der Waals surface area contributed by atoms with Crippen molar-refractivity contribution < 1.29 is 22.7 Å². The molecule has 35 heavy (non-hydrogen) atoms. The molecular weight excluding hydrogens is 463 g/mol. The first-order valence-electron chi connectivity index (χ1n) is 11.0. The number of amides is 1. The number of carbonyl (C=O) groups is 1. The number of aromatic nitrogens is 6. The lowest BCUT2D eigenvalue weighted by Gasteiger charge is -2.33. The average molecular weight is 485 g/mol. The molecule has 0 saturated carbocycles. The number of benzene rings is 1. The molecule has 0 saturated heterocycles. The van der Waals surface area contributed by atoms with Gasteiger partial charge in [-0.05, 0) is 49.7 Å². The normalized spacial score (nSPS) is 17.9. The van der Waals surface area contributed by atoms with Gasteiger partial charge < -0.3 is 14.5 Å². The van der Waals surface area contributed by atoms with Crippen LogP contribution in [0.4, 0.5) is 18.0 Å². The van der Waals surface area contributed by atoms with Gasteiger partial charge in [0, 0.05) is 48.3 Å². The van der Waals surface area contributed by atoms with E-state index in [1.165, 1.54) is 0 Å². The van der Waals surface area contributed by atoms with E-state index < -0.39 is 41.1 Å². The van der Waals surface area contributed by atoms with Crippen LogP contribution in [0.1, 0.15) is 43.6 Å². The molecule has 1 aromatic carbocycles. The van der Waals surface area contributed by atoms with Crippen molar-refractivity contribution in [2.75, 3.05) is 0 Å². The average Bonchev–Trinajstić information content (AvgIpc) is 3.42. The van der Waals surface area contributed by atoms with Crippen LogP contribution in [-0.4, -0.2) is 47.7 Å². The second-order valence-electron chi connectivity index (χ2n) is 9.44. The number of pyridine rings is 1. The maximum Gasteiger partial charge on any atom is 0.407 e. The molecular formula is C23H22F3N7O2. The van der Waals surface area contributed by atoms with Crippen molar-refractivity contribution >= 4 is 11.7 Å². The van der Waals surface area contributed by atoms with Crippen LogP contribution in [0.2, 0.25) is 0 Å². The summed E-state index contributed by atoms with van der Waals surface area (Å²) in [7, 11) is 0. The zero-order valence-electron chi connectivity index (χ0n) is 19.1. The number of nitrogens with one attached hydrogen (secondary N) is 2. The van der Waals surface area contributed by atoms with Crippen LogP contribution in [0.5, 0.6) is 0 Å². The predicted octanol–water partition coefficient (Wildman–Crippen LogP) is 3.71. The van der Waals surface area contributed by atoms with Crippen molar-refractivity contribution in [2.45, 2.75) is 51.2 Å². The maximum atomic E-state index is 14.8. The highest BCUT2D eigenvalue weighted by Crippen LogP contribution is 2.36. The summed E-state index contributed by atoms with van der Waals surface area (Å²) in [6.07, 6.45) is 1.57. The van der Waals surface area contributed by atoms with Crippen LogP contribution in [0.25, 0.3) is 17.0 Å². The van der Waals surface area contributed by atoms with E-state index in [1.54, 1.807) is 39.1 Å². The van der Waals surface area contributed by atoms with Crippen LogP contribution in [-0.2, 0) is 17.6 Å². The lowest BCUT2D eigenvalue weighted by molar-refractivity contribution is 0.0493. The molecule has 1 amide bonds. The van der Waals surface area contributed by atoms with E-state index in [4.69, 9.17) is 4.74 Å². The highest BCUT2D eigenvalue weighted by atomic mass is 19.2. The van der Waals surface area contributed by atoms with Gasteiger partial charge >= 0.3 is 6.09 Å². The highest BCUT2D eigenvalue weighted by molar-refractivity contribution is 5.68. The number of aromatic amines is 1. The molecule has 4 aromatic rings. The topological polar surface area (TPSA) is 110 Å². The number of H-pyrrole nitrogens is 1. The number of rotatable bonds is 3. The fourth-order valence-electron chi connectivity index (χ4n) is 4.41. The van der Waals surface area contributed by atoms with Gasteiger partial charge in [-0.15, -0.1) is 10.2 Å². The molecule has 3 aromatic heterocycles. The largest absolute Gasteiger partial charge is 0.444 e. The summed E-state index contributed by atoms with van der Waals surface area (Å²) in [5.41, 5.74) is 1.97. The molecule has 3 heterocycles. The first kappa shape index (κ1) is 22.8. The van der Waals surface area contributed by atoms with Gasteiger partial charge in [0.1, 0.15) is 17.1 Å². The minimum absolute atomic E-state index is 0.0415. The van der Waals surface area contributed by atoms with Crippen molar-refractivity contribution in [1.82, 2.24) is 35.3 Å². The van der Waals surface area contributed by atoms with E-state index in [1.807, 2.05) is 4.40 Å². The van der Waals surface area contributed by atoms with Gasteiger partial charge in [-0.3, -0.25) is 0 Å². The Morgan fingerprint density at radius 1 is 1.14 bits per heavy atom. The summed E-state index contributed by atoms with van der Waals surface area (Å²) >= 11 is 0. The molecule has 2 unspecified atom stereocenters. The smallest absolute Gasteiger partial charge is 0.407 e. The SMILES string of the molecule is CC(C)(C)OC(=O)NC1Cc2c(nc3cc(-c4nn[nH]n4)ccn23)CC1c1cc(F)c(F)cc1F. The maximum absolute atomic E-state index is 14.8. The van der Waals surface area contributed by atoms with Gasteiger partial charge in [-0.1, -0.05) is 0 Å². The Bertz CT molecular complexity index is 1410. The summed E-state index contributed by atoms with van der Waals surface area (Å²) in [4.78, 5) is 17.3. The van der Waals surface area contributed by atoms with Crippen LogP contribution in [0, 0.1) is 17.5 Å². The Morgan fingerprint density at radius 2 is 1.91 bits per heavy atom. The molecule has 1 aliphatic rings. The van der Waals surface area contributed by atoms with Gasteiger partial charge in [0.25, 0.3) is 0 Å². The highest BCUT2D eigenvalue weighted by Gasteiger charge is 2.36. The number of ether oxygens (including phenoxy) is 1. The summed E-state index contributed by atoms with van der Waals surface area (Å²) in [6, 6.07) is 4.29. The summed E-state index contributed by atoms with van der Waals surface area (Å²) < 4.78 is 49.7. The third kappa shape index (κ3) is 4.43. The Kier molecular flexibility index (Phi) is 5.45. The number of tetrazole rings is 1. The second kappa shape index (κ2) is 8.36. The molecule has 0 spiro atoms. The number of imidazole rings is 1. The predicted molar refractivity (Wildman–Crippen MR) is 118 cm³/mol. The van der Waals surface area contributed by atoms with Crippen molar-refractivity contribution in [1.29, 1.82) is 0 Å². The molecule has 5 rings (SSSR count). The molecule has 9 nitrogen and oxygen atoms in total. The first-order chi connectivity index (χ1) is 16.6. The molecule has 0 bridgehead atoms. The molecule has 0 aliphatic heterocycles. The van der Waals surface area contributed by atoms with E-state index in [2.05, 4.69) is 30.9 Å². The lowest BCUT2D eigenvalue weighted by Crippen LogP contribution is -2.46. The number of halogens is 3. The molecule has 2 N–H and O–H groups in total. The molecule has 2 atom stereocenters. The van der Waals surface area contributed by atoms with E-state index in [0.717, 1.165) is 11.8 Å². The van der Waals surface area contributed by atoms with Crippen LogP contribution in [0.3, 0.4) is 0 Å². The fraction of sp³-hybridized carbons (Fsp3) is 0.348. The number of fused-ring (bicyclic) bond motifs is 3. The number of nitrogens with zero attached hydrogens (tertiary/aromatic N) is 5. The van der Waals surface area contributed by atoms with E-state index in [0.29, 0.717) is 28.8 Å². The van der Waals surface area contributed by atoms with E-state index in [-0.39, 0.29) is 18.4 Å². The number of alkyl carbamates (subject to hydrolysis) is 1. The van der Waals surface area contributed by atoms with Crippen molar-refractivity contribution in [3.8, 4) is 11.4 Å². The second-order valence-corrected chi connectivity index (χ2v) is 9.44. The summed E-state index contributed by atoms with van der Waals surface area (Å²) in [5, 5.41) is 16.7. The summed E-state index contributed by atoms with van der Waals surface area (Å²) in [5.74, 6) is -3.63. The van der Waals surface area contributed by atoms with Crippen molar-refractivity contribution in [3.63, 3.8) is 0 Å². The molecule has 1 aliphatic carbocycles. The van der Waals surface area contributed by atoms with Crippen molar-refractivity contribution in [3.05, 3.63) is 64.9 Å². The van der Waals surface area contributed by atoms with Crippen LogP contribution >= 0.6 is 0 Å². The lowest BCUT2D eigenvalue weighted by atomic mass is 9.80. The minimum Gasteiger partial charge on any atom is -0.444 e. The van der Waals surface area contributed by atoms with Gasteiger partial charge in [-0.2, -0.15) is 5.21 Å². The molecule has 0 fully saturated rings. The Balaban J connectivity index is 1.55. The first-order valence-corrected chi connectivity index (χ1v) is 11.0.